The average molecular weight is 1690 g/mol. The van der Waals surface area contributed by atoms with Gasteiger partial charge in [0.1, 0.15) is 5.75 Å². The number of nitrogens with zero attached hydrogens (tertiary/aromatic N) is 2. The summed E-state index contributed by atoms with van der Waals surface area (Å²) in [4.78, 5) is 24.5. The highest BCUT2D eigenvalue weighted by molar-refractivity contribution is 5.84. The van der Waals surface area contributed by atoms with Crippen LogP contribution in [-0.2, 0) is 30.5 Å². The summed E-state index contributed by atoms with van der Waals surface area (Å²) in [7, 11) is 0. The van der Waals surface area contributed by atoms with Crippen molar-refractivity contribution in [2.24, 2.45) is 105 Å². The molecule has 0 spiro atoms. The molecule has 0 atom stereocenters. The quantitative estimate of drug-likeness (QED) is 0.0176. The Balaban J connectivity index is -0.000000628. The van der Waals surface area contributed by atoms with Gasteiger partial charge in [-0.3, -0.25) is 9.79 Å². The van der Waals surface area contributed by atoms with Crippen molar-refractivity contribution in [2.45, 2.75) is 430 Å². The molecule has 1 amide bonds. The number of carbonyl (C=O) groups is 1. The molecular formula is C110H204N8O3. The van der Waals surface area contributed by atoms with Gasteiger partial charge in [-0.05, 0) is 200 Å². The van der Waals surface area contributed by atoms with Gasteiger partial charge in [-0.25, -0.2) is 4.98 Å². The number of rotatable bonds is 23. The second-order valence-electron chi connectivity index (χ2n) is 49.2. The molecule has 0 saturated heterocycles. The van der Waals surface area contributed by atoms with Gasteiger partial charge >= 0.3 is 0 Å². The maximum atomic E-state index is 10.2. The van der Waals surface area contributed by atoms with E-state index in [0.717, 1.165) is 69.4 Å². The summed E-state index contributed by atoms with van der Waals surface area (Å²) >= 11 is 0. The number of aliphatic hydroxyl groups is 1. The van der Waals surface area contributed by atoms with Crippen LogP contribution in [0, 0.1) is 77.3 Å². The highest BCUT2D eigenvalue weighted by atomic mass is 16.3. The molecule has 12 N–H and O–H groups in total. The lowest BCUT2D eigenvalue weighted by Gasteiger charge is -2.22. The molecule has 2 aromatic heterocycles. The van der Waals surface area contributed by atoms with Gasteiger partial charge in [0.2, 0.25) is 5.91 Å². The number of H-pyrrole nitrogens is 2. The molecule has 0 unspecified atom stereocenters. The van der Waals surface area contributed by atoms with Crippen molar-refractivity contribution >= 4 is 33.5 Å². The predicted molar refractivity (Wildman–Crippen MR) is 543 cm³/mol. The molecule has 11 nitrogen and oxygen atoms in total. The maximum absolute atomic E-state index is 10.2. The highest BCUT2D eigenvalue weighted by Crippen LogP contribution is 2.32. The molecule has 2 heterocycles. The maximum Gasteiger partial charge on any atom is 0.217 e. The summed E-state index contributed by atoms with van der Waals surface area (Å²) in [6.45, 7) is 84.3. The zero-order chi connectivity index (χ0) is 94.4. The second-order valence-corrected chi connectivity index (χ2v) is 49.2. The number of para-hydroxylation sites is 1. The molecule has 0 bridgehead atoms. The Morgan fingerprint density at radius 3 is 1.28 bits per heavy atom. The number of carbonyl (C=O) groups excluding carboxylic acids is 1. The molecule has 6 aromatic rings. The van der Waals surface area contributed by atoms with Gasteiger partial charge in [0.25, 0.3) is 0 Å². The molecule has 1 saturated carbocycles. The van der Waals surface area contributed by atoms with Crippen molar-refractivity contribution in [1.82, 2.24) is 15.0 Å². The van der Waals surface area contributed by atoms with Gasteiger partial charge in [0.05, 0.1) is 6.33 Å². The molecule has 1 aliphatic carbocycles. The zero-order valence-corrected chi connectivity index (χ0v) is 86.8. The minimum absolute atomic E-state index is 0.0475. The molecule has 4 aromatic carbocycles. The summed E-state index contributed by atoms with van der Waals surface area (Å²) in [6.07, 6.45) is 41.2. The van der Waals surface area contributed by atoms with Crippen molar-refractivity contribution in [3.63, 3.8) is 0 Å². The normalized spacial score (nSPS) is 12.9. The number of aromatic amines is 2. The predicted octanol–water partition coefficient (Wildman–Crippen LogP) is 32.0. The van der Waals surface area contributed by atoms with Gasteiger partial charge in [-0.2, -0.15) is 0 Å². The van der Waals surface area contributed by atoms with Crippen LogP contribution in [0.15, 0.2) is 115 Å². The monoisotopic (exact) mass is 1690 g/mol. The van der Waals surface area contributed by atoms with Crippen LogP contribution in [0.25, 0.3) is 21.7 Å². The number of nitrogens with two attached hydrogens (primary N) is 4. The van der Waals surface area contributed by atoms with Gasteiger partial charge in [-0.15, -0.1) is 0 Å². The first kappa shape index (κ1) is 122. The van der Waals surface area contributed by atoms with Crippen LogP contribution in [0.5, 0.6) is 5.75 Å². The van der Waals surface area contributed by atoms with Crippen LogP contribution in [0.4, 0.5) is 0 Å². The van der Waals surface area contributed by atoms with E-state index in [1.165, 1.54) is 172 Å². The number of hydrogen-bond donors (Lipinski definition) is 8. The molecule has 11 heteroatoms. The zero-order valence-electron chi connectivity index (χ0n) is 86.8. The summed E-state index contributed by atoms with van der Waals surface area (Å²) < 4.78 is 0. The average Bonchev–Trinajstić information content (AvgIpc) is 1.77. The smallest absolute Gasteiger partial charge is 0.217 e. The Hall–Kier alpha value is -5.65. The number of aromatic hydroxyl groups is 1. The number of guanidine groups is 1. The minimum atomic E-state index is -0.225. The minimum Gasteiger partial charge on any atom is -0.508 e. The van der Waals surface area contributed by atoms with E-state index < -0.39 is 0 Å². The van der Waals surface area contributed by atoms with E-state index in [1.807, 2.05) is 59.9 Å². The fourth-order valence-electron chi connectivity index (χ4n) is 13.7. The number of nitrogens with one attached hydrogen (secondary N) is 2. The van der Waals surface area contributed by atoms with Crippen molar-refractivity contribution in [1.29, 1.82) is 0 Å². The lowest BCUT2D eigenvalue weighted by Crippen LogP contribution is -2.23. The van der Waals surface area contributed by atoms with Crippen LogP contribution in [0.3, 0.4) is 0 Å². The number of primary amides is 1. The standard InChI is InChI=1S/C15H18.C15H30.C13H17N.C12H26.C11H16O.C9H21N.C8H19N3.C8H14N2.C8H18.C6H13NO.C5H12O/c1-15(2,3)11-12-8-9-13-6-4-5-7-14(13)10-12;1-15(2,3)13-9-5-8-12-14-10-6-4-7-11-14;1-13(2,3)8-10-9-14-12-7-5-4-6-11(10)12;1-11(2)9-7-6-8-10-12(3,4)5;1-11(2,3)8-9-4-6-10(12)7-5-9;1-9(2,3)7-5-4-6-8-10;1-8(2,3)5-4-6-11-7(9)10;1-8(2,3)4-7-5-9-6-10-7;1-7(2)6-8(3,4)5;1-6(2,3)4-5(7)8;1-5(2,3)4-6/h4-10H,11H2,1-3H3;14H,4-13H2,1-3H3;4-7,9,14H,8H2,1-3H3;11H,6-10H2,1-5H3;4-7,12H,8H2,1-3H3;4-8,10H2,1-3H3;4-6H2,1-3H3,(H4,9,10,11);5-6H,4H2,1-3H3,(H,9,10);7H,6H2,1-5H3;4H2,1-3H3,(H2,7,8);6H,4H2,1-3H3. The van der Waals surface area contributed by atoms with Crippen LogP contribution in [0.2, 0.25) is 0 Å². The van der Waals surface area contributed by atoms with Crippen molar-refractivity contribution in [3.05, 3.63) is 132 Å². The van der Waals surface area contributed by atoms with Gasteiger partial charge in [0.15, 0.2) is 5.96 Å². The molecule has 0 radical (unpaired) electrons. The van der Waals surface area contributed by atoms with E-state index in [1.54, 1.807) is 18.5 Å². The number of unbranched alkanes of at least 4 members (excludes halogenated alkanes) is 6. The Bertz CT molecular complexity index is 3450. The van der Waals surface area contributed by atoms with Crippen LogP contribution in [-0.4, -0.2) is 56.7 Å². The summed E-state index contributed by atoms with van der Waals surface area (Å²) in [5.74, 6) is 3.13. The molecule has 7 rings (SSSR count). The van der Waals surface area contributed by atoms with Gasteiger partial charge in [0, 0.05) is 48.6 Å². The van der Waals surface area contributed by atoms with E-state index in [-0.39, 0.29) is 29.3 Å². The van der Waals surface area contributed by atoms with Crippen LogP contribution in [0.1, 0.15) is 426 Å². The molecule has 1 aliphatic rings. The Morgan fingerprint density at radius 1 is 0.455 bits per heavy atom. The third kappa shape index (κ3) is 91.9. The Labute approximate surface area is 751 Å². The first-order valence-corrected chi connectivity index (χ1v) is 47.5. The SMILES string of the molecule is CC(C)(C)CC(N)=O.CC(C)(C)CCCCCC1CCCCC1.CC(C)(C)CCCCCN.CC(C)(C)CCCN=C(N)N.CC(C)(C)CO.CC(C)(C)Cc1c[nH]c2ccccc12.CC(C)(C)Cc1ccc(O)cc1.CC(C)(C)Cc1ccc2ccccc2c1.CC(C)(C)Cc1cnc[nH]1.CC(C)CC(C)(C)C.CC(C)CCCCCC(C)(C)C. The van der Waals surface area contributed by atoms with Gasteiger partial charge < -0.3 is 43.1 Å². The second kappa shape index (κ2) is 61.7. The van der Waals surface area contributed by atoms with E-state index in [9.17, 15) is 4.79 Å². The van der Waals surface area contributed by atoms with E-state index in [0.29, 0.717) is 60.9 Å². The fraction of sp³-hybridized carbons (Fsp3) is 0.736. The van der Waals surface area contributed by atoms with Crippen molar-refractivity contribution < 1.29 is 15.0 Å². The molecule has 702 valence electrons. The number of phenolic OH excluding ortho intramolecular Hbond substituents is 1. The fourth-order valence-corrected chi connectivity index (χ4v) is 13.7. The molecule has 121 heavy (non-hydrogen) atoms. The Kier molecular flexibility index (Phi) is 62.0. The summed E-state index contributed by atoms with van der Waals surface area (Å²) in [6, 6.07) is 31.2. The number of hydrogen-bond acceptors (Lipinski definition) is 6. The van der Waals surface area contributed by atoms with Crippen LogP contribution >= 0.6 is 0 Å². The van der Waals surface area contributed by atoms with Crippen molar-refractivity contribution in [2.75, 3.05) is 19.7 Å². The first-order valence-electron chi connectivity index (χ1n) is 47.5. The van der Waals surface area contributed by atoms with E-state index in [4.69, 9.17) is 33.1 Å². The molecule has 1 fully saturated rings. The number of phenols is 1. The lowest BCUT2D eigenvalue weighted by atomic mass is 9.84. The number of aliphatic imine (C=N–C) groups is 1. The van der Waals surface area contributed by atoms with E-state index in [2.05, 4.69) is 308 Å². The first-order chi connectivity index (χ1) is 55.0. The topological polar surface area (TPSA) is 218 Å². The number of aromatic nitrogens is 3. The van der Waals surface area contributed by atoms with Crippen LogP contribution < -0.4 is 22.9 Å². The number of amides is 1. The number of aliphatic hydroxyl groups excluding tert-OH is 1. The lowest BCUT2D eigenvalue weighted by molar-refractivity contribution is -0.119. The van der Waals surface area contributed by atoms with E-state index >= 15 is 0 Å². The third-order valence-electron chi connectivity index (χ3n) is 19.1. The molecule has 0 aliphatic heterocycles. The van der Waals surface area contributed by atoms with Crippen molar-refractivity contribution in [3.8, 4) is 5.75 Å². The van der Waals surface area contributed by atoms with Gasteiger partial charge in [-0.1, -0.05) is 425 Å². The number of imidazole rings is 1. The Morgan fingerprint density at radius 2 is 0.893 bits per heavy atom. The number of fused-ring (bicyclic) bond motifs is 2. The summed E-state index contributed by atoms with van der Waals surface area (Å²) in [5.41, 5.74) is 31.3. The summed E-state index contributed by atoms with van der Waals surface area (Å²) in [5, 5.41) is 21.5. The third-order valence-corrected chi connectivity index (χ3v) is 19.1. The largest absolute Gasteiger partial charge is 0.508 e. The highest BCUT2D eigenvalue weighted by Gasteiger charge is 2.19. The molecular weight excluding hydrogens is 1480 g/mol. The number of benzene rings is 4.